The monoisotopic (exact) mass is 262 g/mol. The number of hydrogen-bond acceptors (Lipinski definition) is 3. The minimum atomic E-state index is -2.92. The van der Waals surface area contributed by atoms with Crippen molar-refractivity contribution in [2.45, 2.75) is 6.61 Å². The van der Waals surface area contributed by atoms with Gasteiger partial charge in [0.2, 0.25) is 0 Å². The Morgan fingerprint density at radius 2 is 2.14 bits per heavy atom. The first-order chi connectivity index (χ1) is 6.54. The molecule has 0 atom stereocenters. The van der Waals surface area contributed by atoms with E-state index >= 15 is 0 Å². The van der Waals surface area contributed by atoms with Gasteiger partial charge >= 0.3 is 6.61 Å². The highest BCUT2D eigenvalue weighted by Gasteiger charge is 2.11. The van der Waals surface area contributed by atoms with Crippen molar-refractivity contribution >= 4 is 21.6 Å². The van der Waals surface area contributed by atoms with Crippen LogP contribution in [0.5, 0.6) is 5.75 Å². The van der Waals surface area contributed by atoms with E-state index in [1.165, 1.54) is 12.1 Å². The Balaban J connectivity index is 3.10. The van der Waals surface area contributed by atoms with E-state index in [4.69, 9.17) is 11.0 Å². The molecule has 0 saturated heterocycles. The molecule has 0 aliphatic carbocycles. The van der Waals surface area contributed by atoms with Crippen LogP contribution >= 0.6 is 15.9 Å². The van der Waals surface area contributed by atoms with Crippen LogP contribution in [0, 0.1) is 11.3 Å². The maximum absolute atomic E-state index is 11.9. The number of halogens is 3. The quantitative estimate of drug-likeness (QED) is 0.834. The van der Waals surface area contributed by atoms with Gasteiger partial charge in [-0.05, 0) is 22.0 Å². The van der Waals surface area contributed by atoms with Crippen molar-refractivity contribution in [1.29, 1.82) is 5.26 Å². The molecular formula is C8H5BrF2N2O. The number of nitrogens with two attached hydrogens (primary N) is 1. The zero-order valence-corrected chi connectivity index (χ0v) is 8.38. The highest BCUT2D eigenvalue weighted by atomic mass is 79.9. The predicted octanol–water partition coefficient (Wildman–Crippen LogP) is 2.50. The van der Waals surface area contributed by atoms with Crippen molar-refractivity contribution in [3.63, 3.8) is 0 Å². The number of benzene rings is 1. The van der Waals surface area contributed by atoms with Crippen molar-refractivity contribution in [2.75, 3.05) is 5.73 Å². The molecule has 0 fully saturated rings. The molecule has 0 bridgehead atoms. The van der Waals surface area contributed by atoms with Crippen LogP contribution < -0.4 is 10.5 Å². The highest BCUT2D eigenvalue weighted by molar-refractivity contribution is 9.10. The molecule has 1 rings (SSSR count). The van der Waals surface area contributed by atoms with Crippen LogP contribution in [0.3, 0.4) is 0 Å². The fourth-order valence-electron chi connectivity index (χ4n) is 0.852. The second kappa shape index (κ2) is 4.24. The lowest BCUT2D eigenvalue weighted by Gasteiger charge is -2.08. The largest absolute Gasteiger partial charge is 0.434 e. The Labute approximate surface area is 87.2 Å². The van der Waals surface area contributed by atoms with Gasteiger partial charge in [0.1, 0.15) is 11.8 Å². The average Bonchev–Trinajstić information content (AvgIpc) is 2.10. The number of nitrogen functional groups attached to an aromatic ring is 1. The summed E-state index contributed by atoms with van der Waals surface area (Å²) in [6, 6.07) is 4.32. The molecule has 0 amide bonds. The maximum atomic E-state index is 11.9. The third-order valence-corrected chi connectivity index (χ3v) is 2.06. The number of rotatable bonds is 2. The standard InChI is InChI=1S/C8H5BrF2N2O/c9-5-1-4(3-12)6(13)2-7(5)14-8(10)11/h1-2,8H,13H2. The van der Waals surface area contributed by atoms with Gasteiger partial charge in [0, 0.05) is 6.07 Å². The minimum absolute atomic E-state index is 0.0866. The van der Waals surface area contributed by atoms with Crippen molar-refractivity contribution in [3.8, 4) is 11.8 Å². The summed E-state index contributed by atoms with van der Waals surface area (Å²) in [4.78, 5) is 0. The second-order valence-electron chi connectivity index (χ2n) is 2.36. The summed E-state index contributed by atoms with van der Waals surface area (Å²) in [5.41, 5.74) is 5.72. The van der Waals surface area contributed by atoms with E-state index in [0.717, 1.165) is 0 Å². The maximum Gasteiger partial charge on any atom is 0.387 e. The van der Waals surface area contributed by atoms with Crippen LogP contribution in [0.15, 0.2) is 16.6 Å². The number of hydrogen-bond donors (Lipinski definition) is 1. The zero-order chi connectivity index (χ0) is 10.7. The van der Waals surface area contributed by atoms with Crippen LogP contribution in [0.4, 0.5) is 14.5 Å². The number of ether oxygens (including phenoxy) is 1. The second-order valence-corrected chi connectivity index (χ2v) is 3.21. The van der Waals surface area contributed by atoms with Gasteiger partial charge in [0.25, 0.3) is 0 Å². The third-order valence-electron chi connectivity index (χ3n) is 1.44. The van der Waals surface area contributed by atoms with Crippen molar-refractivity contribution in [2.24, 2.45) is 0 Å². The first-order valence-electron chi connectivity index (χ1n) is 3.48. The van der Waals surface area contributed by atoms with E-state index in [0.29, 0.717) is 0 Å². The number of nitriles is 1. The number of nitrogens with zero attached hydrogens (tertiary/aromatic N) is 1. The summed E-state index contributed by atoms with van der Waals surface area (Å²) < 4.78 is 28.2. The zero-order valence-electron chi connectivity index (χ0n) is 6.80. The van der Waals surface area contributed by atoms with Gasteiger partial charge in [0.05, 0.1) is 15.7 Å². The summed E-state index contributed by atoms with van der Waals surface area (Å²) in [6.07, 6.45) is 0. The van der Waals surface area contributed by atoms with E-state index in [1.54, 1.807) is 0 Å². The molecule has 2 N–H and O–H groups in total. The molecule has 0 aliphatic rings. The first-order valence-corrected chi connectivity index (χ1v) is 4.28. The fourth-order valence-corrected chi connectivity index (χ4v) is 1.29. The van der Waals surface area contributed by atoms with Crippen LogP contribution in [0.2, 0.25) is 0 Å². The molecule has 74 valence electrons. The lowest BCUT2D eigenvalue weighted by Crippen LogP contribution is -2.03. The van der Waals surface area contributed by atoms with Gasteiger partial charge in [-0.15, -0.1) is 0 Å². The number of alkyl halides is 2. The van der Waals surface area contributed by atoms with Gasteiger partial charge in [-0.1, -0.05) is 0 Å². The highest BCUT2D eigenvalue weighted by Crippen LogP contribution is 2.30. The summed E-state index contributed by atoms with van der Waals surface area (Å²) in [6.45, 7) is -2.92. The van der Waals surface area contributed by atoms with Crippen LogP contribution in [0.25, 0.3) is 0 Å². The van der Waals surface area contributed by atoms with Gasteiger partial charge in [-0.2, -0.15) is 14.0 Å². The molecule has 0 aromatic heterocycles. The minimum Gasteiger partial charge on any atom is -0.434 e. The molecule has 0 aliphatic heterocycles. The molecule has 0 saturated carbocycles. The molecular weight excluding hydrogens is 258 g/mol. The van der Waals surface area contributed by atoms with Gasteiger partial charge in [-0.3, -0.25) is 0 Å². The van der Waals surface area contributed by atoms with Gasteiger partial charge in [0.15, 0.2) is 0 Å². The van der Waals surface area contributed by atoms with Crippen LogP contribution in [0.1, 0.15) is 5.56 Å². The normalized spacial score (nSPS) is 9.93. The molecule has 3 nitrogen and oxygen atoms in total. The topological polar surface area (TPSA) is 59.0 Å². The first kappa shape index (κ1) is 10.7. The van der Waals surface area contributed by atoms with Crippen molar-refractivity contribution < 1.29 is 13.5 Å². The van der Waals surface area contributed by atoms with E-state index in [1.807, 2.05) is 6.07 Å². The third kappa shape index (κ3) is 2.33. The van der Waals surface area contributed by atoms with Crippen LogP contribution in [-0.4, -0.2) is 6.61 Å². The van der Waals surface area contributed by atoms with Gasteiger partial charge < -0.3 is 10.5 Å². The molecule has 1 aromatic rings. The Morgan fingerprint density at radius 1 is 1.50 bits per heavy atom. The molecule has 1 aromatic carbocycles. The molecule has 0 radical (unpaired) electrons. The summed E-state index contributed by atoms with van der Waals surface area (Å²) >= 11 is 2.99. The Hall–Kier alpha value is -1.35. The molecule has 14 heavy (non-hydrogen) atoms. The van der Waals surface area contributed by atoms with E-state index in [2.05, 4.69) is 20.7 Å². The number of anilines is 1. The predicted molar refractivity (Wildman–Crippen MR) is 49.9 cm³/mol. The summed E-state index contributed by atoms with van der Waals surface area (Å²) in [5, 5.41) is 8.58. The average molecular weight is 263 g/mol. The Bertz CT molecular complexity index is 390. The Morgan fingerprint density at radius 3 is 2.64 bits per heavy atom. The Kier molecular flexibility index (Phi) is 3.25. The summed E-state index contributed by atoms with van der Waals surface area (Å²) in [7, 11) is 0. The summed E-state index contributed by atoms with van der Waals surface area (Å²) in [5.74, 6) is -0.0866. The molecule has 0 unspecified atom stereocenters. The molecule has 0 spiro atoms. The van der Waals surface area contributed by atoms with E-state index in [-0.39, 0.29) is 21.5 Å². The molecule has 6 heteroatoms. The van der Waals surface area contributed by atoms with Crippen LogP contribution in [-0.2, 0) is 0 Å². The van der Waals surface area contributed by atoms with Crippen molar-refractivity contribution in [1.82, 2.24) is 0 Å². The van der Waals surface area contributed by atoms with E-state index in [9.17, 15) is 8.78 Å². The smallest absolute Gasteiger partial charge is 0.387 e. The van der Waals surface area contributed by atoms with Crippen molar-refractivity contribution in [3.05, 3.63) is 22.2 Å². The lowest BCUT2D eigenvalue weighted by atomic mass is 10.2. The fraction of sp³-hybridized carbons (Fsp3) is 0.125. The lowest BCUT2D eigenvalue weighted by molar-refractivity contribution is -0.0503. The van der Waals surface area contributed by atoms with Gasteiger partial charge in [-0.25, -0.2) is 0 Å². The molecule has 0 heterocycles. The SMILES string of the molecule is N#Cc1cc(Br)c(OC(F)F)cc1N. The van der Waals surface area contributed by atoms with E-state index < -0.39 is 6.61 Å².